The number of hydrogen-bond acceptors (Lipinski definition) is 2. The van der Waals surface area contributed by atoms with Crippen LogP contribution in [0, 0.1) is 0 Å². The fraction of sp³-hybridized carbons (Fsp3) is 0.833. The van der Waals surface area contributed by atoms with E-state index in [1.165, 1.54) is 38.2 Å². The highest BCUT2D eigenvalue weighted by Crippen LogP contribution is 2.13. The van der Waals surface area contributed by atoms with Crippen LogP contribution in [-0.4, -0.2) is 22.3 Å². The zero-order valence-electron chi connectivity index (χ0n) is 13.7. The molecule has 0 aromatic rings. The molecule has 0 spiro atoms. The van der Waals surface area contributed by atoms with Gasteiger partial charge in [-0.3, -0.25) is 0 Å². The summed E-state index contributed by atoms with van der Waals surface area (Å²) in [4.78, 5) is 10.3. The first-order valence-corrected chi connectivity index (χ1v) is 8.74. The number of aliphatic carboxylic acids is 1. The van der Waals surface area contributed by atoms with Crippen molar-refractivity contribution in [1.29, 1.82) is 0 Å². The van der Waals surface area contributed by atoms with Gasteiger partial charge in [-0.15, -0.1) is 0 Å². The molecular weight excluding hydrogens is 264 g/mol. The summed E-state index contributed by atoms with van der Waals surface area (Å²) in [6, 6.07) is 0. The summed E-state index contributed by atoms with van der Waals surface area (Å²) in [6.45, 7) is 2.23. The van der Waals surface area contributed by atoms with Crippen LogP contribution in [0.4, 0.5) is 0 Å². The lowest BCUT2D eigenvalue weighted by atomic mass is 10.0. The van der Waals surface area contributed by atoms with Gasteiger partial charge >= 0.3 is 5.97 Å². The van der Waals surface area contributed by atoms with Crippen molar-refractivity contribution in [2.45, 2.75) is 96.5 Å². The molecule has 21 heavy (non-hydrogen) atoms. The van der Waals surface area contributed by atoms with E-state index in [9.17, 15) is 9.90 Å². The number of carboxylic acid groups (broad SMARTS) is 1. The van der Waals surface area contributed by atoms with Crippen molar-refractivity contribution in [2.24, 2.45) is 0 Å². The Labute approximate surface area is 130 Å². The van der Waals surface area contributed by atoms with Gasteiger partial charge in [0, 0.05) is 6.08 Å². The molecule has 3 nitrogen and oxygen atoms in total. The summed E-state index contributed by atoms with van der Waals surface area (Å²) >= 11 is 0. The second-order valence-electron chi connectivity index (χ2n) is 5.94. The minimum Gasteiger partial charge on any atom is -0.478 e. The maximum absolute atomic E-state index is 10.3. The van der Waals surface area contributed by atoms with Gasteiger partial charge in [0.05, 0.1) is 6.10 Å². The largest absolute Gasteiger partial charge is 0.478 e. The third-order valence-electron chi connectivity index (χ3n) is 3.81. The first-order valence-electron chi connectivity index (χ1n) is 8.74. The molecule has 0 aliphatic rings. The van der Waals surface area contributed by atoms with E-state index in [4.69, 9.17) is 5.11 Å². The molecule has 0 saturated heterocycles. The zero-order valence-corrected chi connectivity index (χ0v) is 13.7. The molecule has 0 fully saturated rings. The number of unbranched alkanes of at least 4 members (excludes halogenated alkanes) is 9. The first-order chi connectivity index (χ1) is 10.2. The molecule has 0 rings (SSSR count). The summed E-state index contributed by atoms with van der Waals surface area (Å²) in [6.07, 6.45) is 17.6. The Morgan fingerprint density at radius 3 is 2.00 bits per heavy atom. The SMILES string of the molecule is CCCCCCCCC(O)CCCCCC/C=C\C(=O)O. The third kappa shape index (κ3) is 17.1. The number of aliphatic hydroxyl groups excluding tert-OH is 1. The molecule has 3 heteroatoms. The van der Waals surface area contributed by atoms with E-state index in [2.05, 4.69) is 6.92 Å². The molecule has 0 heterocycles. The molecule has 0 aromatic carbocycles. The standard InChI is InChI=1S/C18H34O3/c1-2-3-4-5-8-11-14-17(19)15-12-9-6-7-10-13-16-18(20)21/h13,16-17,19H,2-12,14-15H2,1H3,(H,20,21)/b16-13-. The Kier molecular flexibility index (Phi) is 14.9. The van der Waals surface area contributed by atoms with Crippen LogP contribution in [0.15, 0.2) is 12.2 Å². The van der Waals surface area contributed by atoms with E-state index < -0.39 is 5.97 Å². The Bertz CT molecular complexity index is 261. The van der Waals surface area contributed by atoms with E-state index in [-0.39, 0.29) is 6.10 Å². The highest BCUT2D eigenvalue weighted by Gasteiger charge is 2.03. The Balaban J connectivity index is 3.22. The summed E-state index contributed by atoms with van der Waals surface area (Å²) < 4.78 is 0. The molecule has 0 bridgehead atoms. The topological polar surface area (TPSA) is 57.5 Å². The second-order valence-corrected chi connectivity index (χ2v) is 5.94. The minimum absolute atomic E-state index is 0.122. The molecule has 0 aliphatic carbocycles. The third-order valence-corrected chi connectivity index (χ3v) is 3.81. The van der Waals surface area contributed by atoms with Crippen LogP contribution < -0.4 is 0 Å². The maximum atomic E-state index is 10.3. The van der Waals surface area contributed by atoms with Gasteiger partial charge in [0.25, 0.3) is 0 Å². The Hall–Kier alpha value is -0.830. The van der Waals surface area contributed by atoms with Crippen molar-refractivity contribution in [3.8, 4) is 0 Å². The van der Waals surface area contributed by atoms with Gasteiger partial charge in [-0.2, -0.15) is 0 Å². The van der Waals surface area contributed by atoms with E-state index >= 15 is 0 Å². The molecule has 2 N–H and O–H groups in total. The predicted molar refractivity (Wildman–Crippen MR) is 88.5 cm³/mol. The van der Waals surface area contributed by atoms with Crippen LogP contribution in [0.3, 0.4) is 0 Å². The lowest BCUT2D eigenvalue weighted by Gasteiger charge is -2.10. The molecule has 1 unspecified atom stereocenters. The number of rotatable bonds is 15. The van der Waals surface area contributed by atoms with Crippen molar-refractivity contribution in [3.05, 3.63) is 12.2 Å². The molecule has 124 valence electrons. The summed E-state index contributed by atoms with van der Waals surface area (Å²) in [5, 5.41) is 18.3. The van der Waals surface area contributed by atoms with Crippen LogP contribution in [-0.2, 0) is 4.79 Å². The van der Waals surface area contributed by atoms with Gasteiger partial charge in [0.2, 0.25) is 0 Å². The van der Waals surface area contributed by atoms with Crippen LogP contribution in [0.1, 0.15) is 90.4 Å². The van der Waals surface area contributed by atoms with E-state index in [1.54, 1.807) is 6.08 Å². The van der Waals surface area contributed by atoms with Crippen molar-refractivity contribution in [2.75, 3.05) is 0 Å². The average Bonchev–Trinajstić information content (AvgIpc) is 2.45. The van der Waals surface area contributed by atoms with Crippen LogP contribution in [0.5, 0.6) is 0 Å². The summed E-state index contributed by atoms with van der Waals surface area (Å²) in [5.74, 6) is -0.868. The average molecular weight is 298 g/mol. The highest BCUT2D eigenvalue weighted by atomic mass is 16.4. The Morgan fingerprint density at radius 2 is 1.43 bits per heavy atom. The summed E-state index contributed by atoms with van der Waals surface area (Å²) in [7, 11) is 0. The van der Waals surface area contributed by atoms with Crippen molar-refractivity contribution in [1.82, 2.24) is 0 Å². The molecule has 0 aliphatic heterocycles. The lowest BCUT2D eigenvalue weighted by molar-refractivity contribution is -0.131. The fourth-order valence-electron chi connectivity index (χ4n) is 2.48. The van der Waals surface area contributed by atoms with E-state index in [0.29, 0.717) is 0 Å². The minimum atomic E-state index is -0.868. The Morgan fingerprint density at radius 1 is 0.905 bits per heavy atom. The summed E-state index contributed by atoms with van der Waals surface area (Å²) in [5.41, 5.74) is 0. The zero-order chi connectivity index (χ0) is 15.8. The number of carboxylic acids is 1. The van der Waals surface area contributed by atoms with Gasteiger partial charge in [-0.25, -0.2) is 4.79 Å². The number of carbonyl (C=O) groups is 1. The van der Waals surface area contributed by atoms with E-state index in [1.807, 2.05) is 0 Å². The fourth-order valence-corrected chi connectivity index (χ4v) is 2.48. The van der Waals surface area contributed by atoms with Gasteiger partial charge in [0.1, 0.15) is 0 Å². The van der Waals surface area contributed by atoms with Crippen LogP contribution in [0.2, 0.25) is 0 Å². The van der Waals surface area contributed by atoms with Crippen molar-refractivity contribution >= 4 is 5.97 Å². The first kappa shape index (κ1) is 20.2. The second kappa shape index (κ2) is 15.6. The van der Waals surface area contributed by atoms with E-state index in [0.717, 1.165) is 51.4 Å². The van der Waals surface area contributed by atoms with Crippen LogP contribution in [0.25, 0.3) is 0 Å². The lowest BCUT2D eigenvalue weighted by Crippen LogP contribution is -2.05. The van der Waals surface area contributed by atoms with Gasteiger partial charge in [-0.05, 0) is 25.7 Å². The van der Waals surface area contributed by atoms with Crippen molar-refractivity contribution in [3.63, 3.8) is 0 Å². The predicted octanol–water partition coefficient (Wildman–Crippen LogP) is 5.08. The normalized spacial score (nSPS) is 12.9. The highest BCUT2D eigenvalue weighted by molar-refractivity contribution is 5.79. The van der Waals surface area contributed by atoms with Gasteiger partial charge in [-0.1, -0.05) is 70.8 Å². The molecule has 0 amide bonds. The number of aliphatic hydroxyl groups is 1. The monoisotopic (exact) mass is 298 g/mol. The molecule has 0 radical (unpaired) electrons. The molecular formula is C18H34O3. The van der Waals surface area contributed by atoms with Crippen LogP contribution >= 0.6 is 0 Å². The molecule has 0 aromatic heterocycles. The van der Waals surface area contributed by atoms with Gasteiger partial charge < -0.3 is 10.2 Å². The molecule has 1 atom stereocenters. The van der Waals surface area contributed by atoms with Crippen molar-refractivity contribution < 1.29 is 15.0 Å². The number of hydrogen-bond donors (Lipinski definition) is 2. The quantitative estimate of drug-likeness (QED) is 0.327. The number of allylic oxidation sites excluding steroid dienone is 1. The molecule has 0 saturated carbocycles. The smallest absolute Gasteiger partial charge is 0.327 e. The maximum Gasteiger partial charge on any atom is 0.327 e. The van der Waals surface area contributed by atoms with Gasteiger partial charge in [0.15, 0.2) is 0 Å².